The summed E-state index contributed by atoms with van der Waals surface area (Å²) in [7, 11) is 2.47. The molecule has 0 heterocycles. The molecule has 0 aromatic heterocycles. The van der Waals surface area contributed by atoms with Gasteiger partial charge in [-0.3, -0.25) is 4.79 Å². The molecule has 1 aromatic rings. The topological polar surface area (TPSA) is 52.6 Å². The standard InChI is InChI=1S/C10H10.C7H10O4/c1-3-9-7-5-6-8-10(9)4-2;1-5(7(9)11-3)4-6(8)10-2/h3-8H,1-2H2;1,4H2,2-3H3. The Morgan fingerprint density at radius 1 is 1.05 bits per heavy atom. The monoisotopic (exact) mass is 288 g/mol. The summed E-state index contributed by atoms with van der Waals surface area (Å²) < 4.78 is 8.62. The van der Waals surface area contributed by atoms with Gasteiger partial charge in [-0.1, -0.05) is 56.2 Å². The highest BCUT2D eigenvalue weighted by atomic mass is 16.5. The number of esters is 2. The van der Waals surface area contributed by atoms with Gasteiger partial charge in [0.05, 0.1) is 20.6 Å². The molecule has 0 saturated heterocycles. The smallest absolute Gasteiger partial charge is 0.333 e. The van der Waals surface area contributed by atoms with Gasteiger partial charge >= 0.3 is 11.9 Å². The molecule has 112 valence electrons. The lowest BCUT2D eigenvalue weighted by molar-refractivity contribution is -0.143. The second kappa shape index (κ2) is 10.2. The minimum absolute atomic E-state index is 0.0966. The number of carbonyl (C=O) groups is 2. The first-order valence-corrected chi connectivity index (χ1v) is 6.16. The van der Waals surface area contributed by atoms with Crippen LogP contribution in [0.1, 0.15) is 17.5 Å². The van der Waals surface area contributed by atoms with Crippen molar-refractivity contribution in [3.05, 3.63) is 60.7 Å². The fraction of sp³-hybridized carbons (Fsp3) is 0.176. The first-order chi connectivity index (χ1) is 9.99. The third-order valence-electron chi connectivity index (χ3n) is 2.50. The van der Waals surface area contributed by atoms with Crippen molar-refractivity contribution in [1.29, 1.82) is 0 Å². The number of benzene rings is 1. The fourth-order valence-corrected chi connectivity index (χ4v) is 1.35. The van der Waals surface area contributed by atoms with Crippen molar-refractivity contribution in [3.8, 4) is 0 Å². The van der Waals surface area contributed by atoms with Crippen molar-refractivity contribution >= 4 is 24.1 Å². The summed E-state index contributed by atoms with van der Waals surface area (Å²) in [6.07, 6.45) is 3.54. The Kier molecular flexibility index (Phi) is 8.93. The van der Waals surface area contributed by atoms with Crippen LogP contribution in [-0.4, -0.2) is 26.2 Å². The van der Waals surface area contributed by atoms with E-state index in [9.17, 15) is 9.59 Å². The van der Waals surface area contributed by atoms with Gasteiger partial charge in [-0.15, -0.1) is 0 Å². The number of carbonyl (C=O) groups excluding carboxylic acids is 2. The van der Waals surface area contributed by atoms with Gasteiger partial charge in [0.1, 0.15) is 0 Å². The molecule has 0 saturated carbocycles. The van der Waals surface area contributed by atoms with E-state index in [1.165, 1.54) is 14.2 Å². The van der Waals surface area contributed by atoms with E-state index < -0.39 is 11.9 Å². The SMILES string of the molecule is C=C(CC(=O)OC)C(=O)OC.C=Cc1ccccc1C=C. The molecule has 1 rings (SSSR count). The number of hydrogen-bond acceptors (Lipinski definition) is 4. The summed E-state index contributed by atoms with van der Waals surface area (Å²) in [6.45, 7) is 10.7. The van der Waals surface area contributed by atoms with Crippen molar-refractivity contribution in [3.63, 3.8) is 0 Å². The van der Waals surface area contributed by atoms with Crippen molar-refractivity contribution < 1.29 is 19.1 Å². The Hall–Kier alpha value is -2.62. The zero-order valence-corrected chi connectivity index (χ0v) is 12.4. The molecule has 0 aliphatic heterocycles. The number of rotatable bonds is 5. The van der Waals surface area contributed by atoms with Crippen LogP contribution in [0.25, 0.3) is 12.2 Å². The Balaban J connectivity index is 0.000000382. The molecule has 1 aromatic carbocycles. The highest BCUT2D eigenvalue weighted by Gasteiger charge is 2.11. The number of ether oxygens (including phenoxy) is 2. The van der Waals surface area contributed by atoms with Crippen LogP contribution in [0, 0.1) is 0 Å². The van der Waals surface area contributed by atoms with Crippen LogP contribution in [0.5, 0.6) is 0 Å². The first kappa shape index (κ1) is 18.4. The Morgan fingerprint density at radius 3 is 1.86 bits per heavy atom. The lowest BCUT2D eigenvalue weighted by Gasteiger charge is -2.00. The van der Waals surface area contributed by atoms with Crippen molar-refractivity contribution in [2.24, 2.45) is 0 Å². The Morgan fingerprint density at radius 2 is 1.52 bits per heavy atom. The summed E-state index contributed by atoms with van der Waals surface area (Å²) in [6, 6.07) is 8.02. The quantitative estimate of drug-likeness (QED) is 0.616. The lowest BCUT2D eigenvalue weighted by Crippen LogP contribution is -2.09. The summed E-state index contributed by atoms with van der Waals surface area (Å²) in [5.74, 6) is -1.09. The molecule has 0 aliphatic rings. The maximum Gasteiger partial charge on any atom is 0.333 e. The largest absolute Gasteiger partial charge is 0.469 e. The summed E-state index contributed by atoms with van der Waals surface area (Å²) in [5, 5.41) is 0. The first-order valence-electron chi connectivity index (χ1n) is 6.16. The average molecular weight is 288 g/mol. The Labute approximate surface area is 125 Å². The molecule has 0 bridgehead atoms. The van der Waals surface area contributed by atoms with Gasteiger partial charge < -0.3 is 9.47 Å². The molecular formula is C17H20O4. The molecule has 21 heavy (non-hydrogen) atoms. The van der Waals surface area contributed by atoms with Crippen molar-refractivity contribution in [2.75, 3.05) is 14.2 Å². The zero-order valence-electron chi connectivity index (χ0n) is 12.4. The molecule has 0 radical (unpaired) electrons. The molecule has 0 atom stereocenters. The minimum atomic E-state index is -0.588. The average Bonchev–Trinajstić information content (AvgIpc) is 2.54. The number of methoxy groups -OCH3 is 2. The van der Waals surface area contributed by atoms with E-state index >= 15 is 0 Å². The predicted molar refractivity (Wildman–Crippen MR) is 84.4 cm³/mol. The van der Waals surface area contributed by atoms with Crippen LogP contribution in [0.3, 0.4) is 0 Å². The summed E-state index contributed by atoms with van der Waals surface area (Å²) >= 11 is 0. The van der Waals surface area contributed by atoms with Crippen LogP contribution >= 0.6 is 0 Å². The van der Waals surface area contributed by atoms with Crippen LogP contribution in [0.2, 0.25) is 0 Å². The second-order valence-electron chi connectivity index (χ2n) is 3.89. The Bertz CT molecular complexity index is 502. The van der Waals surface area contributed by atoms with Gasteiger partial charge in [0.15, 0.2) is 0 Å². The second-order valence-corrected chi connectivity index (χ2v) is 3.89. The molecule has 4 heteroatoms. The third kappa shape index (κ3) is 6.92. The summed E-state index contributed by atoms with van der Waals surface area (Å²) in [4.78, 5) is 21.2. The van der Waals surface area contributed by atoms with Gasteiger partial charge in [-0.2, -0.15) is 0 Å². The van der Waals surface area contributed by atoms with E-state index in [0.717, 1.165) is 11.1 Å². The van der Waals surface area contributed by atoms with E-state index in [-0.39, 0.29) is 12.0 Å². The van der Waals surface area contributed by atoms with E-state index in [1.807, 2.05) is 36.4 Å². The van der Waals surface area contributed by atoms with Crippen LogP contribution in [-0.2, 0) is 19.1 Å². The molecule has 0 amide bonds. The third-order valence-corrected chi connectivity index (χ3v) is 2.50. The van der Waals surface area contributed by atoms with Crippen LogP contribution < -0.4 is 0 Å². The van der Waals surface area contributed by atoms with Gasteiger partial charge in [0, 0.05) is 5.57 Å². The van der Waals surface area contributed by atoms with Crippen molar-refractivity contribution in [1.82, 2.24) is 0 Å². The minimum Gasteiger partial charge on any atom is -0.469 e. The summed E-state index contributed by atoms with van der Waals surface area (Å²) in [5.41, 5.74) is 2.37. The van der Waals surface area contributed by atoms with Gasteiger partial charge in [-0.05, 0) is 11.1 Å². The highest BCUT2D eigenvalue weighted by Crippen LogP contribution is 2.10. The maximum absolute atomic E-state index is 10.6. The van der Waals surface area contributed by atoms with Gasteiger partial charge in [0.25, 0.3) is 0 Å². The molecule has 0 spiro atoms. The van der Waals surface area contributed by atoms with E-state index in [2.05, 4.69) is 29.2 Å². The highest BCUT2D eigenvalue weighted by molar-refractivity contribution is 5.93. The molecule has 0 unspecified atom stereocenters. The lowest BCUT2D eigenvalue weighted by atomic mass is 10.1. The molecule has 0 aliphatic carbocycles. The van der Waals surface area contributed by atoms with Crippen LogP contribution in [0.15, 0.2) is 49.6 Å². The zero-order chi connectivity index (χ0) is 16.3. The van der Waals surface area contributed by atoms with Crippen LogP contribution in [0.4, 0.5) is 0 Å². The maximum atomic E-state index is 10.6. The van der Waals surface area contributed by atoms with E-state index in [1.54, 1.807) is 0 Å². The van der Waals surface area contributed by atoms with Gasteiger partial charge in [-0.25, -0.2) is 4.79 Å². The van der Waals surface area contributed by atoms with E-state index in [0.29, 0.717) is 0 Å². The normalized spacial score (nSPS) is 8.67. The molecular weight excluding hydrogens is 268 g/mol. The molecule has 0 fully saturated rings. The van der Waals surface area contributed by atoms with Crippen molar-refractivity contribution in [2.45, 2.75) is 6.42 Å². The van der Waals surface area contributed by atoms with Gasteiger partial charge in [0.2, 0.25) is 0 Å². The predicted octanol–water partition coefficient (Wildman–Crippen LogP) is 3.25. The molecule has 0 N–H and O–H groups in total. The molecule has 4 nitrogen and oxygen atoms in total. The van der Waals surface area contributed by atoms with E-state index in [4.69, 9.17) is 0 Å². The fourth-order valence-electron chi connectivity index (χ4n) is 1.35. The number of hydrogen-bond donors (Lipinski definition) is 0.